The minimum absolute atomic E-state index is 0.181. The predicted molar refractivity (Wildman–Crippen MR) is 98.1 cm³/mol. The van der Waals surface area contributed by atoms with E-state index >= 15 is 0 Å². The molecular weight excluding hydrogens is 333 g/mol. The third kappa shape index (κ3) is 3.52. The van der Waals surface area contributed by atoms with Gasteiger partial charge in [0, 0.05) is 29.1 Å². The molecule has 4 nitrogen and oxygen atoms in total. The lowest BCUT2D eigenvalue weighted by molar-refractivity contribution is -0.138. The van der Waals surface area contributed by atoms with Crippen LogP contribution in [0.5, 0.6) is 0 Å². The molecule has 2 aromatic carbocycles. The SMILES string of the molecule is CC(C)c1ccc(C(=O)CC(C(=O)O)c2c[nH]c3ccc(F)cc23)cc1. The van der Waals surface area contributed by atoms with Gasteiger partial charge >= 0.3 is 5.97 Å². The number of carbonyl (C=O) groups is 2. The summed E-state index contributed by atoms with van der Waals surface area (Å²) in [5, 5.41) is 10.1. The molecule has 1 unspecified atom stereocenters. The van der Waals surface area contributed by atoms with Crippen molar-refractivity contribution in [2.75, 3.05) is 0 Å². The number of benzene rings is 2. The second-order valence-corrected chi connectivity index (χ2v) is 6.73. The number of ketones is 1. The molecule has 0 saturated heterocycles. The zero-order valence-corrected chi connectivity index (χ0v) is 14.6. The van der Waals surface area contributed by atoms with E-state index in [-0.39, 0.29) is 12.2 Å². The Balaban J connectivity index is 1.89. The number of nitrogens with one attached hydrogen (secondary N) is 1. The van der Waals surface area contributed by atoms with Gasteiger partial charge in [0.1, 0.15) is 5.82 Å². The first kappa shape index (κ1) is 17.9. The van der Waals surface area contributed by atoms with Gasteiger partial charge in [-0.2, -0.15) is 0 Å². The maximum absolute atomic E-state index is 13.6. The van der Waals surface area contributed by atoms with Crippen LogP contribution in [-0.2, 0) is 4.79 Å². The summed E-state index contributed by atoms with van der Waals surface area (Å²) in [6, 6.07) is 11.4. The molecule has 0 amide bonds. The van der Waals surface area contributed by atoms with Crippen LogP contribution >= 0.6 is 0 Å². The quantitative estimate of drug-likeness (QED) is 0.621. The number of carboxylic acid groups (broad SMARTS) is 1. The molecule has 0 fully saturated rings. The van der Waals surface area contributed by atoms with Crippen LogP contribution in [0.25, 0.3) is 10.9 Å². The minimum Gasteiger partial charge on any atom is -0.481 e. The fourth-order valence-electron chi connectivity index (χ4n) is 3.09. The van der Waals surface area contributed by atoms with Crippen LogP contribution in [0.1, 0.15) is 53.6 Å². The summed E-state index contributed by atoms with van der Waals surface area (Å²) in [5.41, 5.74) is 2.65. The number of aromatic amines is 1. The number of aliphatic carboxylic acids is 1. The average molecular weight is 353 g/mol. The first-order chi connectivity index (χ1) is 12.4. The normalized spacial score (nSPS) is 12.5. The fourth-order valence-corrected chi connectivity index (χ4v) is 3.09. The summed E-state index contributed by atoms with van der Waals surface area (Å²) in [5.74, 6) is -2.49. The van der Waals surface area contributed by atoms with E-state index in [4.69, 9.17) is 0 Å². The summed E-state index contributed by atoms with van der Waals surface area (Å²) in [6.07, 6.45) is 1.36. The van der Waals surface area contributed by atoms with Gasteiger partial charge in [0.25, 0.3) is 0 Å². The Morgan fingerprint density at radius 3 is 2.42 bits per heavy atom. The molecule has 5 heteroatoms. The summed E-state index contributed by atoms with van der Waals surface area (Å²) in [6.45, 7) is 4.13. The number of hydrogen-bond donors (Lipinski definition) is 2. The molecule has 1 atom stereocenters. The van der Waals surface area contributed by atoms with Gasteiger partial charge in [0.2, 0.25) is 0 Å². The summed E-state index contributed by atoms with van der Waals surface area (Å²) >= 11 is 0. The molecule has 2 N–H and O–H groups in total. The third-order valence-electron chi connectivity index (χ3n) is 4.64. The van der Waals surface area contributed by atoms with Gasteiger partial charge < -0.3 is 10.1 Å². The Morgan fingerprint density at radius 2 is 1.81 bits per heavy atom. The van der Waals surface area contributed by atoms with E-state index in [1.807, 2.05) is 12.1 Å². The van der Waals surface area contributed by atoms with Crippen LogP contribution in [0.2, 0.25) is 0 Å². The minimum atomic E-state index is -1.11. The zero-order valence-electron chi connectivity index (χ0n) is 14.6. The number of halogens is 1. The molecule has 1 heterocycles. The van der Waals surface area contributed by atoms with Crippen molar-refractivity contribution in [3.8, 4) is 0 Å². The predicted octanol–water partition coefficient (Wildman–Crippen LogP) is 4.87. The van der Waals surface area contributed by atoms with Gasteiger partial charge in [-0.3, -0.25) is 9.59 Å². The lowest BCUT2D eigenvalue weighted by atomic mass is 9.90. The van der Waals surface area contributed by atoms with Crippen molar-refractivity contribution in [3.63, 3.8) is 0 Å². The Bertz CT molecular complexity index is 957. The van der Waals surface area contributed by atoms with E-state index < -0.39 is 17.7 Å². The van der Waals surface area contributed by atoms with Crippen LogP contribution in [0.15, 0.2) is 48.7 Å². The number of H-pyrrole nitrogens is 1. The second kappa shape index (κ2) is 7.12. The van der Waals surface area contributed by atoms with Crippen molar-refractivity contribution >= 4 is 22.7 Å². The monoisotopic (exact) mass is 353 g/mol. The van der Waals surface area contributed by atoms with Gasteiger partial charge in [0.05, 0.1) is 5.92 Å². The highest BCUT2D eigenvalue weighted by Crippen LogP contribution is 2.30. The molecule has 0 radical (unpaired) electrons. The lowest BCUT2D eigenvalue weighted by Crippen LogP contribution is -2.16. The van der Waals surface area contributed by atoms with Crippen molar-refractivity contribution in [2.24, 2.45) is 0 Å². The highest BCUT2D eigenvalue weighted by atomic mass is 19.1. The molecule has 0 aliphatic carbocycles. The largest absolute Gasteiger partial charge is 0.481 e. The van der Waals surface area contributed by atoms with E-state index in [1.54, 1.807) is 18.2 Å². The number of fused-ring (bicyclic) bond motifs is 1. The van der Waals surface area contributed by atoms with Crippen LogP contribution in [0.4, 0.5) is 4.39 Å². The Kier molecular flexibility index (Phi) is 4.89. The fraction of sp³-hybridized carbons (Fsp3) is 0.238. The molecular formula is C21H20FNO3. The van der Waals surface area contributed by atoms with Crippen LogP contribution < -0.4 is 0 Å². The highest BCUT2D eigenvalue weighted by molar-refractivity contribution is 6.00. The van der Waals surface area contributed by atoms with Crippen LogP contribution in [-0.4, -0.2) is 21.8 Å². The summed E-state index contributed by atoms with van der Waals surface area (Å²) in [4.78, 5) is 27.3. The molecule has 134 valence electrons. The molecule has 0 saturated carbocycles. The van der Waals surface area contributed by atoms with Gasteiger partial charge in [-0.15, -0.1) is 0 Å². The van der Waals surface area contributed by atoms with Crippen LogP contribution in [0, 0.1) is 5.82 Å². The number of rotatable bonds is 6. The first-order valence-corrected chi connectivity index (χ1v) is 8.49. The molecule has 3 rings (SSSR count). The van der Waals surface area contributed by atoms with Gasteiger partial charge in [-0.25, -0.2) is 4.39 Å². The van der Waals surface area contributed by atoms with Crippen molar-refractivity contribution in [3.05, 3.63) is 71.2 Å². The highest BCUT2D eigenvalue weighted by Gasteiger charge is 2.26. The molecule has 1 aromatic heterocycles. The Morgan fingerprint density at radius 1 is 1.12 bits per heavy atom. The number of carbonyl (C=O) groups excluding carboxylic acids is 1. The van der Waals surface area contributed by atoms with Gasteiger partial charge in [0.15, 0.2) is 5.78 Å². The maximum atomic E-state index is 13.6. The van der Waals surface area contributed by atoms with Crippen LogP contribution in [0.3, 0.4) is 0 Å². The number of Topliss-reactive ketones (excluding diaryl/α,β-unsaturated/α-hetero) is 1. The van der Waals surface area contributed by atoms with Crippen molar-refractivity contribution in [1.29, 1.82) is 0 Å². The molecule has 3 aromatic rings. The Hall–Kier alpha value is -2.95. The zero-order chi connectivity index (χ0) is 18.8. The molecule has 0 spiro atoms. The number of carboxylic acids is 1. The summed E-state index contributed by atoms with van der Waals surface area (Å²) in [7, 11) is 0. The third-order valence-corrected chi connectivity index (χ3v) is 4.64. The number of hydrogen-bond acceptors (Lipinski definition) is 2. The second-order valence-electron chi connectivity index (χ2n) is 6.73. The smallest absolute Gasteiger partial charge is 0.311 e. The molecule has 0 bridgehead atoms. The van der Waals surface area contributed by atoms with Crippen molar-refractivity contribution in [2.45, 2.75) is 32.1 Å². The van der Waals surface area contributed by atoms with Gasteiger partial charge in [-0.1, -0.05) is 38.1 Å². The van der Waals surface area contributed by atoms with E-state index in [0.717, 1.165) is 5.56 Å². The van der Waals surface area contributed by atoms with E-state index in [1.165, 1.54) is 18.3 Å². The first-order valence-electron chi connectivity index (χ1n) is 8.49. The standard InChI is InChI=1S/C21H20FNO3/c1-12(2)13-3-5-14(6-4-13)20(24)10-17(21(25)26)18-11-23-19-8-7-15(22)9-16(18)19/h3-9,11-12,17,23H,10H2,1-2H3,(H,25,26). The van der Waals surface area contributed by atoms with Gasteiger partial charge in [-0.05, 0) is 35.2 Å². The Labute approximate surface area is 150 Å². The topological polar surface area (TPSA) is 70.2 Å². The molecule has 0 aliphatic rings. The lowest BCUT2D eigenvalue weighted by Gasteiger charge is -2.12. The average Bonchev–Trinajstić information content (AvgIpc) is 3.02. The maximum Gasteiger partial charge on any atom is 0.311 e. The molecule has 26 heavy (non-hydrogen) atoms. The van der Waals surface area contributed by atoms with Crippen molar-refractivity contribution < 1.29 is 19.1 Å². The summed E-state index contributed by atoms with van der Waals surface area (Å²) < 4.78 is 13.6. The van der Waals surface area contributed by atoms with Crippen molar-refractivity contribution in [1.82, 2.24) is 4.98 Å². The van der Waals surface area contributed by atoms with E-state index in [0.29, 0.717) is 27.9 Å². The van der Waals surface area contributed by atoms with E-state index in [9.17, 15) is 19.1 Å². The number of aromatic nitrogens is 1. The van der Waals surface area contributed by atoms with E-state index in [2.05, 4.69) is 18.8 Å². The molecule has 0 aliphatic heterocycles.